The van der Waals surface area contributed by atoms with Gasteiger partial charge in [-0.3, -0.25) is 11.3 Å². The lowest BCUT2D eigenvalue weighted by Crippen LogP contribution is -2.31. The van der Waals surface area contributed by atoms with Crippen LogP contribution in [0.25, 0.3) is 0 Å². The Bertz CT molecular complexity index is 350. The molecule has 3 N–H and O–H groups in total. The van der Waals surface area contributed by atoms with Gasteiger partial charge in [-0.15, -0.1) is 0 Å². The largest absolute Gasteiger partial charge is 0.271 e. The minimum Gasteiger partial charge on any atom is -0.271 e. The highest BCUT2D eigenvalue weighted by molar-refractivity contribution is 7.99. The summed E-state index contributed by atoms with van der Waals surface area (Å²) in [5, 5.41) is 0. The van der Waals surface area contributed by atoms with E-state index in [9.17, 15) is 0 Å². The molecular formula is C14H22N2S. The van der Waals surface area contributed by atoms with Gasteiger partial charge in [-0.05, 0) is 35.6 Å². The number of nitrogens with two attached hydrogens (primary N) is 1. The van der Waals surface area contributed by atoms with Crippen LogP contribution in [0.2, 0.25) is 0 Å². The van der Waals surface area contributed by atoms with E-state index in [2.05, 4.69) is 36.6 Å². The standard InChI is InChI=1S/C14H22N2S/c1-2-17-10-14(16-15)13-9-4-3-8-12(13)11-6-5-7-11/h3-4,8-9,11,14,16H,2,5-7,10,15H2,1H3. The fourth-order valence-electron chi connectivity index (χ4n) is 2.38. The highest BCUT2D eigenvalue weighted by Crippen LogP contribution is 2.39. The van der Waals surface area contributed by atoms with Crippen molar-refractivity contribution < 1.29 is 0 Å². The van der Waals surface area contributed by atoms with Crippen molar-refractivity contribution in [2.24, 2.45) is 5.84 Å². The summed E-state index contributed by atoms with van der Waals surface area (Å²) < 4.78 is 0. The summed E-state index contributed by atoms with van der Waals surface area (Å²) >= 11 is 1.94. The Hall–Kier alpha value is -0.510. The number of hydrogen-bond donors (Lipinski definition) is 2. The number of hydrazine groups is 1. The van der Waals surface area contributed by atoms with E-state index in [0.29, 0.717) is 0 Å². The van der Waals surface area contributed by atoms with Crippen LogP contribution < -0.4 is 11.3 Å². The van der Waals surface area contributed by atoms with Crippen molar-refractivity contribution in [1.82, 2.24) is 5.43 Å². The first-order chi connectivity index (χ1) is 8.36. The first kappa shape index (κ1) is 12.9. The van der Waals surface area contributed by atoms with Gasteiger partial charge in [0.05, 0.1) is 6.04 Å². The first-order valence-electron chi connectivity index (χ1n) is 6.49. The lowest BCUT2D eigenvalue weighted by Gasteiger charge is -2.30. The Kier molecular flexibility index (Phi) is 4.89. The van der Waals surface area contributed by atoms with Crippen LogP contribution in [0.4, 0.5) is 0 Å². The van der Waals surface area contributed by atoms with E-state index in [0.717, 1.165) is 17.4 Å². The van der Waals surface area contributed by atoms with Gasteiger partial charge in [0.15, 0.2) is 0 Å². The van der Waals surface area contributed by atoms with E-state index >= 15 is 0 Å². The van der Waals surface area contributed by atoms with E-state index in [-0.39, 0.29) is 6.04 Å². The summed E-state index contributed by atoms with van der Waals surface area (Å²) in [4.78, 5) is 0. The Morgan fingerprint density at radius 2 is 2.18 bits per heavy atom. The van der Waals surface area contributed by atoms with Crippen LogP contribution in [0.1, 0.15) is 49.3 Å². The molecule has 0 radical (unpaired) electrons. The van der Waals surface area contributed by atoms with Crippen molar-refractivity contribution in [2.45, 2.75) is 38.1 Å². The number of thioether (sulfide) groups is 1. The van der Waals surface area contributed by atoms with Crippen molar-refractivity contribution >= 4 is 11.8 Å². The van der Waals surface area contributed by atoms with Crippen LogP contribution in [0, 0.1) is 0 Å². The third kappa shape index (κ3) is 3.03. The van der Waals surface area contributed by atoms with Gasteiger partial charge in [0.2, 0.25) is 0 Å². The van der Waals surface area contributed by atoms with Crippen LogP contribution in [0.5, 0.6) is 0 Å². The molecule has 0 bridgehead atoms. The van der Waals surface area contributed by atoms with E-state index in [4.69, 9.17) is 5.84 Å². The van der Waals surface area contributed by atoms with Crippen molar-refractivity contribution in [1.29, 1.82) is 0 Å². The average Bonchev–Trinajstić information content (AvgIpc) is 2.30. The molecule has 3 heteroatoms. The number of rotatable bonds is 6. The summed E-state index contributed by atoms with van der Waals surface area (Å²) in [5.41, 5.74) is 5.89. The van der Waals surface area contributed by atoms with Gasteiger partial charge in [-0.25, -0.2) is 0 Å². The van der Waals surface area contributed by atoms with Crippen LogP contribution in [-0.4, -0.2) is 11.5 Å². The lowest BCUT2D eigenvalue weighted by atomic mass is 9.77. The molecule has 94 valence electrons. The predicted octanol–water partition coefficient (Wildman–Crippen LogP) is 3.21. The monoisotopic (exact) mass is 250 g/mol. The molecule has 1 aromatic carbocycles. The van der Waals surface area contributed by atoms with Gasteiger partial charge in [0.1, 0.15) is 0 Å². The molecule has 0 aromatic heterocycles. The Balaban J connectivity index is 2.16. The zero-order valence-corrected chi connectivity index (χ0v) is 11.3. The van der Waals surface area contributed by atoms with Crippen LogP contribution in [0.15, 0.2) is 24.3 Å². The van der Waals surface area contributed by atoms with E-state index in [1.54, 1.807) is 0 Å². The fourth-order valence-corrected chi connectivity index (χ4v) is 3.13. The van der Waals surface area contributed by atoms with Gasteiger partial charge >= 0.3 is 0 Å². The van der Waals surface area contributed by atoms with Crippen molar-refractivity contribution in [2.75, 3.05) is 11.5 Å². The molecule has 1 unspecified atom stereocenters. The molecule has 17 heavy (non-hydrogen) atoms. The number of nitrogens with one attached hydrogen (secondary N) is 1. The van der Waals surface area contributed by atoms with Gasteiger partial charge in [-0.1, -0.05) is 37.6 Å². The zero-order valence-electron chi connectivity index (χ0n) is 10.5. The maximum Gasteiger partial charge on any atom is 0.0553 e. The minimum atomic E-state index is 0.289. The molecule has 2 rings (SSSR count). The molecule has 1 saturated carbocycles. The quantitative estimate of drug-likeness (QED) is 0.601. The third-order valence-corrected chi connectivity index (χ3v) is 4.58. The average molecular weight is 250 g/mol. The second-order valence-corrected chi connectivity index (χ2v) is 5.95. The van der Waals surface area contributed by atoms with Crippen molar-refractivity contribution in [3.63, 3.8) is 0 Å². The van der Waals surface area contributed by atoms with Crippen LogP contribution in [0.3, 0.4) is 0 Å². The fraction of sp³-hybridized carbons (Fsp3) is 0.571. The van der Waals surface area contributed by atoms with Crippen molar-refractivity contribution in [3.8, 4) is 0 Å². The van der Waals surface area contributed by atoms with E-state index < -0.39 is 0 Å². The molecule has 0 spiro atoms. The summed E-state index contributed by atoms with van der Waals surface area (Å²) in [6.45, 7) is 2.19. The summed E-state index contributed by atoms with van der Waals surface area (Å²) in [6, 6.07) is 9.07. The predicted molar refractivity (Wildman–Crippen MR) is 76.1 cm³/mol. The minimum absolute atomic E-state index is 0.289. The highest BCUT2D eigenvalue weighted by Gasteiger charge is 2.24. The first-order valence-corrected chi connectivity index (χ1v) is 7.65. The number of hydrogen-bond acceptors (Lipinski definition) is 3. The third-order valence-electron chi connectivity index (χ3n) is 3.61. The maximum absolute atomic E-state index is 5.71. The Morgan fingerprint density at radius 1 is 1.41 bits per heavy atom. The zero-order chi connectivity index (χ0) is 12.1. The van der Waals surface area contributed by atoms with Gasteiger partial charge in [0, 0.05) is 5.75 Å². The molecule has 1 aromatic rings. The molecule has 0 saturated heterocycles. The topological polar surface area (TPSA) is 38.0 Å². The Labute approximate surface area is 108 Å². The molecule has 0 aliphatic heterocycles. The Morgan fingerprint density at radius 3 is 2.76 bits per heavy atom. The summed E-state index contributed by atoms with van der Waals surface area (Å²) in [7, 11) is 0. The molecule has 0 amide bonds. The smallest absolute Gasteiger partial charge is 0.0553 e. The normalized spacial score (nSPS) is 17.8. The number of benzene rings is 1. The van der Waals surface area contributed by atoms with E-state index in [1.165, 1.54) is 30.4 Å². The molecule has 1 fully saturated rings. The van der Waals surface area contributed by atoms with Crippen LogP contribution in [-0.2, 0) is 0 Å². The molecule has 0 heterocycles. The lowest BCUT2D eigenvalue weighted by molar-refractivity contribution is 0.413. The summed E-state index contributed by atoms with van der Waals surface area (Å²) in [6.07, 6.45) is 4.06. The molecule has 2 nitrogen and oxygen atoms in total. The molecule has 1 atom stereocenters. The second kappa shape index (κ2) is 6.43. The van der Waals surface area contributed by atoms with Gasteiger partial charge < -0.3 is 0 Å². The maximum atomic E-state index is 5.71. The molecule has 1 aliphatic carbocycles. The van der Waals surface area contributed by atoms with Gasteiger partial charge in [0.25, 0.3) is 0 Å². The SMILES string of the molecule is CCSCC(NN)c1ccccc1C1CCC1. The van der Waals surface area contributed by atoms with Gasteiger partial charge in [-0.2, -0.15) is 11.8 Å². The van der Waals surface area contributed by atoms with E-state index in [1.807, 2.05) is 11.8 Å². The second-order valence-electron chi connectivity index (χ2n) is 4.64. The molecule has 1 aliphatic rings. The summed E-state index contributed by atoms with van der Waals surface area (Å²) in [5.74, 6) is 8.68. The van der Waals surface area contributed by atoms with Crippen molar-refractivity contribution in [3.05, 3.63) is 35.4 Å². The van der Waals surface area contributed by atoms with Crippen LogP contribution >= 0.6 is 11.8 Å². The highest BCUT2D eigenvalue weighted by atomic mass is 32.2. The molecular weight excluding hydrogens is 228 g/mol.